The largest absolute Gasteiger partial charge is 0.465 e. The summed E-state index contributed by atoms with van der Waals surface area (Å²) in [6.45, 7) is 7.14. The van der Waals surface area contributed by atoms with Crippen molar-refractivity contribution in [3.63, 3.8) is 0 Å². The molecule has 0 saturated carbocycles. The number of esters is 1. The standard InChI is InChI=1S/C18H26N4O2S/c1-11-14-16(22(4)10-13-6-8-21(3)9-7-13)19-12(2)20-17(14)25-15(11)18(23)24-5/h13H,6-10H2,1-5H3. The van der Waals surface area contributed by atoms with E-state index in [0.29, 0.717) is 10.8 Å². The Balaban J connectivity index is 1.94. The number of piperidine rings is 1. The molecule has 0 atom stereocenters. The van der Waals surface area contributed by atoms with E-state index < -0.39 is 0 Å². The Hall–Kier alpha value is -1.73. The number of methoxy groups -OCH3 is 1. The molecule has 0 bridgehead atoms. The first-order valence-corrected chi connectivity index (χ1v) is 9.48. The normalized spacial score (nSPS) is 16.4. The lowest BCUT2D eigenvalue weighted by atomic mass is 9.96. The first kappa shape index (κ1) is 18.1. The van der Waals surface area contributed by atoms with E-state index in [2.05, 4.69) is 28.9 Å². The molecule has 0 aromatic carbocycles. The highest BCUT2D eigenvalue weighted by Crippen LogP contribution is 2.36. The molecule has 0 spiro atoms. The number of hydrogen-bond donors (Lipinski definition) is 0. The third-order valence-electron chi connectivity index (χ3n) is 4.99. The second-order valence-corrected chi connectivity index (χ2v) is 7.95. The van der Waals surface area contributed by atoms with E-state index in [1.54, 1.807) is 0 Å². The predicted octanol–water partition coefficient (Wildman–Crippen LogP) is 2.87. The van der Waals surface area contributed by atoms with Crippen molar-refractivity contribution in [2.24, 2.45) is 5.92 Å². The van der Waals surface area contributed by atoms with Gasteiger partial charge < -0.3 is 14.5 Å². The highest BCUT2D eigenvalue weighted by molar-refractivity contribution is 7.20. The molecule has 1 aliphatic rings. The molecule has 3 heterocycles. The van der Waals surface area contributed by atoms with Crippen molar-refractivity contribution in [1.82, 2.24) is 14.9 Å². The van der Waals surface area contributed by atoms with E-state index in [0.717, 1.165) is 47.1 Å². The van der Waals surface area contributed by atoms with Crippen LogP contribution < -0.4 is 4.90 Å². The van der Waals surface area contributed by atoms with Gasteiger partial charge in [0.2, 0.25) is 0 Å². The number of anilines is 1. The molecule has 2 aromatic rings. The molecule has 1 aliphatic heterocycles. The van der Waals surface area contributed by atoms with Crippen LogP contribution in [0.2, 0.25) is 0 Å². The Morgan fingerprint density at radius 1 is 1.32 bits per heavy atom. The van der Waals surface area contributed by atoms with Crippen molar-refractivity contribution >= 4 is 33.3 Å². The van der Waals surface area contributed by atoms with Crippen LogP contribution >= 0.6 is 11.3 Å². The molecular weight excluding hydrogens is 336 g/mol. The Bertz CT molecular complexity index is 781. The summed E-state index contributed by atoms with van der Waals surface area (Å²) >= 11 is 1.39. The zero-order valence-electron chi connectivity index (χ0n) is 15.6. The molecule has 0 unspecified atom stereocenters. The first-order chi connectivity index (χ1) is 11.9. The Labute approximate surface area is 152 Å². The lowest BCUT2D eigenvalue weighted by Gasteiger charge is -2.32. The van der Waals surface area contributed by atoms with Crippen molar-refractivity contribution in [2.75, 3.05) is 45.7 Å². The molecule has 2 aromatic heterocycles. The second-order valence-electron chi connectivity index (χ2n) is 6.95. The van der Waals surface area contributed by atoms with Crippen LogP contribution in [0.1, 0.15) is 33.9 Å². The maximum atomic E-state index is 12.0. The van der Waals surface area contributed by atoms with Crippen LogP contribution in [0.3, 0.4) is 0 Å². The third kappa shape index (κ3) is 3.62. The number of hydrogen-bond acceptors (Lipinski definition) is 7. The van der Waals surface area contributed by atoms with Crippen molar-refractivity contribution < 1.29 is 9.53 Å². The summed E-state index contributed by atoms with van der Waals surface area (Å²) in [6.07, 6.45) is 2.42. The second kappa shape index (κ2) is 7.25. The third-order valence-corrected chi connectivity index (χ3v) is 6.15. The van der Waals surface area contributed by atoms with Gasteiger partial charge in [-0.25, -0.2) is 14.8 Å². The van der Waals surface area contributed by atoms with Gasteiger partial charge in [-0.3, -0.25) is 0 Å². The van der Waals surface area contributed by atoms with Crippen molar-refractivity contribution in [3.05, 3.63) is 16.3 Å². The Morgan fingerprint density at radius 2 is 2.00 bits per heavy atom. The van der Waals surface area contributed by atoms with Gasteiger partial charge in [-0.2, -0.15) is 0 Å². The van der Waals surface area contributed by atoms with Gasteiger partial charge in [-0.15, -0.1) is 11.3 Å². The molecule has 1 saturated heterocycles. The molecule has 0 amide bonds. The number of carbonyl (C=O) groups is 1. The average molecular weight is 362 g/mol. The number of aryl methyl sites for hydroxylation is 2. The molecule has 136 valence electrons. The van der Waals surface area contributed by atoms with E-state index in [9.17, 15) is 4.79 Å². The predicted molar refractivity (Wildman–Crippen MR) is 102 cm³/mol. The Morgan fingerprint density at radius 3 is 2.64 bits per heavy atom. The quantitative estimate of drug-likeness (QED) is 0.780. The van der Waals surface area contributed by atoms with E-state index >= 15 is 0 Å². The van der Waals surface area contributed by atoms with Crippen molar-refractivity contribution in [1.29, 1.82) is 0 Å². The van der Waals surface area contributed by atoms with Crippen LogP contribution in [-0.2, 0) is 4.74 Å². The Kier molecular flexibility index (Phi) is 5.24. The topological polar surface area (TPSA) is 58.6 Å². The summed E-state index contributed by atoms with van der Waals surface area (Å²) in [6, 6.07) is 0. The smallest absolute Gasteiger partial charge is 0.348 e. The molecule has 25 heavy (non-hydrogen) atoms. The number of fused-ring (bicyclic) bond motifs is 1. The lowest BCUT2D eigenvalue weighted by molar-refractivity contribution is 0.0605. The van der Waals surface area contributed by atoms with Gasteiger partial charge in [0.05, 0.1) is 12.5 Å². The first-order valence-electron chi connectivity index (χ1n) is 8.66. The highest BCUT2D eigenvalue weighted by Gasteiger charge is 2.24. The van der Waals surface area contributed by atoms with Crippen LogP contribution in [0, 0.1) is 19.8 Å². The van der Waals surface area contributed by atoms with Crippen LogP contribution in [0.15, 0.2) is 0 Å². The minimum absolute atomic E-state index is 0.304. The fourth-order valence-electron chi connectivity index (χ4n) is 3.50. The zero-order chi connectivity index (χ0) is 18.1. The molecule has 1 fully saturated rings. The van der Waals surface area contributed by atoms with E-state index in [1.807, 2.05) is 13.8 Å². The van der Waals surface area contributed by atoms with Crippen LogP contribution in [0.4, 0.5) is 5.82 Å². The fraction of sp³-hybridized carbons (Fsp3) is 0.611. The molecule has 3 rings (SSSR count). The minimum atomic E-state index is -0.304. The molecule has 0 radical (unpaired) electrons. The maximum Gasteiger partial charge on any atom is 0.348 e. The van der Waals surface area contributed by atoms with Crippen LogP contribution in [-0.4, -0.2) is 61.7 Å². The summed E-state index contributed by atoms with van der Waals surface area (Å²) in [5.74, 6) is 2.02. The summed E-state index contributed by atoms with van der Waals surface area (Å²) in [5.41, 5.74) is 0.914. The fourth-order valence-corrected chi connectivity index (χ4v) is 4.64. The van der Waals surface area contributed by atoms with Crippen molar-refractivity contribution in [3.8, 4) is 0 Å². The number of likely N-dealkylation sites (tertiary alicyclic amines) is 1. The van der Waals surface area contributed by atoms with E-state index in [1.165, 1.54) is 31.3 Å². The van der Waals surface area contributed by atoms with E-state index in [-0.39, 0.29) is 5.97 Å². The SMILES string of the molecule is COC(=O)c1sc2nc(C)nc(N(C)CC3CCN(C)CC3)c2c1C. The van der Waals surface area contributed by atoms with Crippen LogP contribution in [0.25, 0.3) is 10.2 Å². The molecule has 6 nitrogen and oxygen atoms in total. The summed E-state index contributed by atoms with van der Waals surface area (Å²) in [7, 11) is 5.69. The van der Waals surface area contributed by atoms with Crippen molar-refractivity contribution in [2.45, 2.75) is 26.7 Å². The van der Waals surface area contributed by atoms with Gasteiger partial charge in [0.25, 0.3) is 0 Å². The average Bonchev–Trinajstić information content (AvgIpc) is 2.92. The molecule has 0 aliphatic carbocycles. The van der Waals surface area contributed by atoms with Gasteiger partial charge in [0.15, 0.2) is 0 Å². The number of ether oxygens (including phenoxy) is 1. The number of aromatic nitrogens is 2. The summed E-state index contributed by atoms with van der Waals surface area (Å²) in [4.78, 5) is 27.4. The van der Waals surface area contributed by atoms with Gasteiger partial charge >= 0.3 is 5.97 Å². The number of rotatable bonds is 4. The monoisotopic (exact) mass is 362 g/mol. The number of carbonyl (C=O) groups excluding carboxylic acids is 1. The van der Waals surface area contributed by atoms with E-state index in [4.69, 9.17) is 9.72 Å². The number of nitrogens with zero attached hydrogens (tertiary/aromatic N) is 4. The number of thiophene rings is 1. The minimum Gasteiger partial charge on any atom is -0.465 e. The lowest BCUT2D eigenvalue weighted by Crippen LogP contribution is -2.36. The van der Waals surface area contributed by atoms with Crippen LogP contribution in [0.5, 0.6) is 0 Å². The summed E-state index contributed by atoms with van der Waals surface area (Å²) < 4.78 is 4.91. The maximum absolute atomic E-state index is 12.0. The van der Waals surface area contributed by atoms with Gasteiger partial charge in [-0.1, -0.05) is 0 Å². The molecule has 7 heteroatoms. The van der Waals surface area contributed by atoms with Gasteiger partial charge in [0, 0.05) is 13.6 Å². The molecular formula is C18H26N4O2S. The summed E-state index contributed by atoms with van der Waals surface area (Å²) in [5, 5.41) is 0.978. The zero-order valence-corrected chi connectivity index (χ0v) is 16.4. The highest BCUT2D eigenvalue weighted by atomic mass is 32.1. The van der Waals surface area contributed by atoms with Gasteiger partial charge in [0.1, 0.15) is 21.3 Å². The molecule has 0 N–H and O–H groups in total. The van der Waals surface area contributed by atoms with Gasteiger partial charge in [-0.05, 0) is 58.3 Å².